The average molecular weight is 224 g/mol. The maximum atomic E-state index is 11.6. The standard InChI is InChI=1S/C11H16N2O3/c1-5-7-8(11(15)16-4)6(2)9(13-7)10(14)12-3/h13H,5H2,1-4H3,(H,12,14). The molecule has 1 aromatic heterocycles. The number of H-pyrrole nitrogens is 1. The number of aryl methyl sites for hydroxylation is 1. The van der Waals surface area contributed by atoms with Gasteiger partial charge in [0.1, 0.15) is 5.69 Å². The maximum absolute atomic E-state index is 11.6. The van der Waals surface area contributed by atoms with E-state index in [4.69, 9.17) is 4.74 Å². The summed E-state index contributed by atoms with van der Waals surface area (Å²) in [5.74, 6) is -0.650. The molecule has 5 nitrogen and oxygen atoms in total. The second-order valence-corrected chi connectivity index (χ2v) is 3.40. The number of ether oxygens (including phenoxy) is 1. The molecule has 5 heteroatoms. The number of hydrogen-bond acceptors (Lipinski definition) is 3. The van der Waals surface area contributed by atoms with Gasteiger partial charge in [-0.2, -0.15) is 0 Å². The van der Waals surface area contributed by atoms with Crippen LogP contribution in [0.4, 0.5) is 0 Å². The molecule has 0 aromatic carbocycles. The van der Waals surface area contributed by atoms with Gasteiger partial charge in [0.05, 0.1) is 12.7 Å². The topological polar surface area (TPSA) is 71.2 Å². The number of amides is 1. The first-order chi connectivity index (χ1) is 7.56. The molecular formula is C11H16N2O3. The average Bonchev–Trinajstić information content (AvgIpc) is 2.64. The SMILES string of the molecule is CCc1[nH]c(C(=O)NC)c(C)c1C(=O)OC. The van der Waals surface area contributed by atoms with Crippen LogP contribution in [0, 0.1) is 6.92 Å². The molecule has 0 unspecified atom stereocenters. The zero-order valence-corrected chi connectivity index (χ0v) is 9.93. The summed E-state index contributed by atoms with van der Waals surface area (Å²) < 4.78 is 4.70. The fourth-order valence-electron chi connectivity index (χ4n) is 1.65. The van der Waals surface area contributed by atoms with Gasteiger partial charge in [-0.15, -0.1) is 0 Å². The van der Waals surface area contributed by atoms with Crippen LogP contribution in [0.3, 0.4) is 0 Å². The fraction of sp³-hybridized carbons (Fsp3) is 0.455. The van der Waals surface area contributed by atoms with Crippen molar-refractivity contribution in [1.29, 1.82) is 0 Å². The Kier molecular flexibility index (Phi) is 3.71. The van der Waals surface area contributed by atoms with Crippen molar-refractivity contribution in [3.05, 3.63) is 22.5 Å². The monoisotopic (exact) mass is 224 g/mol. The van der Waals surface area contributed by atoms with Crippen LogP contribution in [-0.4, -0.2) is 31.0 Å². The van der Waals surface area contributed by atoms with Gasteiger partial charge in [0.15, 0.2) is 0 Å². The predicted molar refractivity (Wildman–Crippen MR) is 59.6 cm³/mol. The lowest BCUT2D eigenvalue weighted by molar-refractivity contribution is 0.0599. The largest absolute Gasteiger partial charge is 0.465 e. The van der Waals surface area contributed by atoms with Crippen LogP contribution in [-0.2, 0) is 11.2 Å². The van der Waals surface area contributed by atoms with Crippen LogP contribution >= 0.6 is 0 Å². The summed E-state index contributed by atoms with van der Waals surface area (Å²) in [6.07, 6.45) is 0.641. The molecule has 0 saturated carbocycles. The molecule has 1 aromatic rings. The Morgan fingerprint density at radius 2 is 2.06 bits per heavy atom. The normalized spacial score (nSPS) is 10.0. The van der Waals surface area contributed by atoms with Gasteiger partial charge in [0.25, 0.3) is 5.91 Å². The molecule has 0 radical (unpaired) electrons. The Labute approximate surface area is 94.2 Å². The summed E-state index contributed by atoms with van der Waals surface area (Å²) in [5, 5.41) is 2.52. The highest BCUT2D eigenvalue weighted by Crippen LogP contribution is 2.19. The molecule has 0 bridgehead atoms. The molecule has 88 valence electrons. The minimum absolute atomic E-state index is 0.234. The molecule has 0 saturated heterocycles. The summed E-state index contributed by atoms with van der Waals surface area (Å²) in [4.78, 5) is 26.0. The Morgan fingerprint density at radius 3 is 2.50 bits per heavy atom. The lowest BCUT2D eigenvalue weighted by Crippen LogP contribution is -2.19. The molecule has 0 spiro atoms. The minimum Gasteiger partial charge on any atom is -0.465 e. The number of hydrogen-bond donors (Lipinski definition) is 2. The van der Waals surface area contributed by atoms with Gasteiger partial charge in [-0.25, -0.2) is 4.79 Å². The molecular weight excluding hydrogens is 208 g/mol. The fourth-order valence-corrected chi connectivity index (χ4v) is 1.65. The van der Waals surface area contributed by atoms with Gasteiger partial charge in [-0.1, -0.05) is 6.92 Å². The predicted octanol–water partition coefficient (Wildman–Crippen LogP) is 1.03. The quantitative estimate of drug-likeness (QED) is 0.753. The van der Waals surface area contributed by atoms with Crippen molar-refractivity contribution in [1.82, 2.24) is 10.3 Å². The van der Waals surface area contributed by atoms with Crippen LogP contribution in [0.15, 0.2) is 0 Å². The molecule has 0 aliphatic rings. The van der Waals surface area contributed by atoms with Crippen molar-refractivity contribution in [2.75, 3.05) is 14.2 Å². The molecule has 1 amide bonds. The molecule has 0 aliphatic heterocycles. The van der Waals surface area contributed by atoms with Gasteiger partial charge in [0, 0.05) is 12.7 Å². The van der Waals surface area contributed by atoms with Crippen molar-refractivity contribution >= 4 is 11.9 Å². The van der Waals surface area contributed by atoms with E-state index in [2.05, 4.69) is 10.3 Å². The molecule has 0 atom stereocenters. The second kappa shape index (κ2) is 4.83. The lowest BCUT2D eigenvalue weighted by Gasteiger charge is -2.00. The van der Waals surface area contributed by atoms with Crippen LogP contribution in [0.1, 0.15) is 39.0 Å². The summed E-state index contributed by atoms with van der Waals surface area (Å²) in [7, 11) is 2.87. The smallest absolute Gasteiger partial charge is 0.339 e. The van der Waals surface area contributed by atoms with Gasteiger partial charge in [-0.05, 0) is 18.9 Å². The second-order valence-electron chi connectivity index (χ2n) is 3.40. The van der Waals surface area contributed by atoms with Crippen LogP contribution in [0.25, 0.3) is 0 Å². The Hall–Kier alpha value is -1.78. The van der Waals surface area contributed by atoms with Gasteiger partial charge < -0.3 is 15.0 Å². The minimum atomic E-state index is -0.416. The van der Waals surface area contributed by atoms with Crippen molar-refractivity contribution in [3.63, 3.8) is 0 Å². The van der Waals surface area contributed by atoms with Crippen molar-refractivity contribution in [3.8, 4) is 0 Å². The number of carbonyl (C=O) groups is 2. The van der Waals surface area contributed by atoms with Crippen molar-refractivity contribution in [2.24, 2.45) is 0 Å². The zero-order chi connectivity index (χ0) is 12.3. The van der Waals surface area contributed by atoms with E-state index in [1.807, 2.05) is 6.92 Å². The Balaban J connectivity index is 3.32. The number of esters is 1. The summed E-state index contributed by atoms with van der Waals surface area (Å²) in [6, 6.07) is 0. The van der Waals surface area contributed by atoms with Crippen LogP contribution in [0.5, 0.6) is 0 Å². The molecule has 2 N–H and O–H groups in total. The Bertz CT molecular complexity index is 421. The van der Waals surface area contributed by atoms with Gasteiger partial charge >= 0.3 is 5.97 Å². The molecule has 16 heavy (non-hydrogen) atoms. The van der Waals surface area contributed by atoms with E-state index in [0.29, 0.717) is 23.2 Å². The van der Waals surface area contributed by atoms with Gasteiger partial charge in [-0.3, -0.25) is 4.79 Å². The summed E-state index contributed by atoms with van der Waals surface area (Å²) >= 11 is 0. The van der Waals surface area contributed by atoms with E-state index in [-0.39, 0.29) is 5.91 Å². The number of carbonyl (C=O) groups excluding carboxylic acids is 2. The highest BCUT2D eigenvalue weighted by molar-refractivity contribution is 6.00. The highest BCUT2D eigenvalue weighted by Gasteiger charge is 2.22. The summed E-state index contributed by atoms with van der Waals surface area (Å²) in [5.41, 5.74) is 2.23. The van der Waals surface area contributed by atoms with Crippen molar-refractivity contribution < 1.29 is 14.3 Å². The third-order valence-electron chi connectivity index (χ3n) is 2.52. The number of aromatic amines is 1. The maximum Gasteiger partial charge on any atom is 0.339 e. The Morgan fingerprint density at radius 1 is 1.44 bits per heavy atom. The van der Waals surface area contributed by atoms with Crippen LogP contribution < -0.4 is 5.32 Å². The number of methoxy groups -OCH3 is 1. The lowest BCUT2D eigenvalue weighted by atomic mass is 10.1. The van der Waals surface area contributed by atoms with Crippen LogP contribution in [0.2, 0.25) is 0 Å². The molecule has 1 heterocycles. The van der Waals surface area contributed by atoms with E-state index < -0.39 is 5.97 Å². The van der Waals surface area contributed by atoms with E-state index in [1.54, 1.807) is 14.0 Å². The third kappa shape index (κ3) is 1.93. The zero-order valence-electron chi connectivity index (χ0n) is 9.93. The molecule has 1 rings (SSSR count). The van der Waals surface area contributed by atoms with Gasteiger partial charge in [0.2, 0.25) is 0 Å². The number of rotatable bonds is 3. The summed E-state index contributed by atoms with van der Waals surface area (Å²) in [6.45, 7) is 3.64. The first-order valence-electron chi connectivity index (χ1n) is 5.08. The van der Waals surface area contributed by atoms with E-state index in [0.717, 1.165) is 5.69 Å². The van der Waals surface area contributed by atoms with E-state index in [1.165, 1.54) is 7.11 Å². The van der Waals surface area contributed by atoms with E-state index >= 15 is 0 Å². The van der Waals surface area contributed by atoms with E-state index in [9.17, 15) is 9.59 Å². The third-order valence-corrected chi connectivity index (χ3v) is 2.52. The first-order valence-corrected chi connectivity index (χ1v) is 5.08. The highest BCUT2D eigenvalue weighted by atomic mass is 16.5. The number of aromatic nitrogens is 1. The number of nitrogens with one attached hydrogen (secondary N) is 2. The molecule has 0 fully saturated rings. The van der Waals surface area contributed by atoms with Crippen molar-refractivity contribution in [2.45, 2.75) is 20.3 Å². The molecule has 0 aliphatic carbocycles. The first kappa shape index (κ1) is 12.3.